The van der Waals surface area contributed by atoms with E-state index >= 15 is 0 Å². The van der Waals surface area contributed by atoms with Crippen LogP contribution in [0.1, 0.15) is 63.9 Å². The molecule has 0 unspecified atom stereocenters. The van der Waals surface area contributed by atoms with Crippen molar-refractivity contribution in [2.45, 2.75) is 64.8 Å². The van der Waals surface area contributed by atoms with Crippen LogP contribution in [0.2, 0.25) is 5.02 Å². The number of unbranched alkanes of at least 4 members (excludes halogenated alkanes) is 7. The number of para-hydroxylation sites is 1. The van der Waals surface area contributed by atoms with Crippen LogP contribution in [-0.4, -0.2) is 6.61 Å². The predicted molar refractivity (Wildman–Crippen MR) is 87.4 cm³/mol. The van der Waals surface area contributed by atoms with E-state index in [4.69, 9.17) is 22.1 Å². The first kappa shape index (κ1) is 17.3. The zero-order valence-corrected chi connectivity index (χ0v) is 13.4. The number of nitrogens with two attached hydrogens (primary N) is 1. The molecule has 0 heterocycles. The van der Waals surface area contributed by atoms with E-state index in [2.05, 4.69) is 6.92 Å². The van der Waals surface area contributed by atoms with E-state index in [0.717, 1.165) is 24.3 Å². The molecule has 0 aliphatic heterocycles. The third kappa shape index (κ3) is 6.62. The summed E-state index contributed by atoms with van der Waals surface area (Å²) < 4.78 is 5.79. The van der Waals surface area contributed by atoms with Crippen LogP contribution in [0, 0.1) is 0 Å². The highest BCUT2D eigenvalue weighted by Crippen LogP contribution is 2.28. The molecule has 0 saturated heterocycles. The topological polar surface area (TPSA) is 35.2 Å². The van der Waals surface area contributed by atoms with Crippen LogP contribution in [0.5, 0.6) is 5.75 Å². The summed E-state index contributed by atoms with van der Waals surface area (Å²) in [5.41, 5.74) is 6.67. The summed E-state index contributed by atoms with van der Waals surface area (Å²) in [5.74, 6) is 0.764. The molecule has 114 valence electrons. The maximum Gasteiger partial charge on any atom is 0.142 e. The van der Waals surface area contributed by atoms with Gasteiger partial charge < -0.3 is 10.5 Å². The summed E-state index contributed by atoms with van der Waals surface area (Å²) in [4.78, 5) is 0. The van der Waals surface area contributed by atoms with Crippen LogP contribution in [0.15, 0.2) is 18.2 Å². The molecule has 2 nitrogen and oxygen atoms in total. The van der Waals surface area contributed by atoms with Crippen LogP contribution in [0.25, 0.3) is 0 Å². The van der Waals surface area contributed by atoms with E-state index < -0.39 is 0 Å². The van der Waals surface area contributed by atoms with Gasteiger partial charge in [-0.15, -0.1) is 0 Å². The minimum Gasteiger partial charge on any atom is -0.492 e. The van der Waals surface area contributed by atoms with Crippen molar-refractivity contribution in [3.63, 3.8) is 0 Å². The first-order chi connectivity index (χ1) is 9.79. The molecule has 0 aliphatic carbocycles. The molecule has 1 aromatic rings. The summed E-state index contributed by atoms with van der Waals surface area (Å²) in [6.45, 7) is 3.45. The van der Waals surface area contributed by atoms with Gasteiger partial charge in [-0.3, -0.25) is 0 Å². The normalized spacial score (nSPS) is 10.8. The van der Waals surface area contributed by atoms with Gasteiger partial charge in [0.1, 0.15) is 5.75 Å². The van der Waals surface area contributed by atoms with Crippen LogP contribution >= 0.6 is 11.6 Å². The second kappa shape index (κ2) is 11.0. The molecule has 3 heteroatoms. The van der Waals surface area contributed by atoms with Gasteiger partial charge in [-0.25, -0.2) is 0 Å². The number of hydrogen-bond acceptors (Lipinski definition) is 2. The Morgan fingerprint density at radius 1 is 1.00 bits per heavy atom. The number of ether oxygens (including phenoxy) is 1. The van der Waals surface area contributed by atoms with Crippen molar-refractivity contribution in [1.82, 2.24) is 0 Å². The molecule has 2 N–H and O–H groups in total. The second-order valence-electron chi connectivity index (χ2n) is 5.26. The lowest BCUT2D eigenvalue weighted by Gasteiger charge is -2.12. The lowest BCUT2D eigenvalue weighted by molar-refractivity contribution is 0.301. The van der Waals surface area contributed by atoms with E-state index in [-0.39, 0.29) is 0 Å². The smallest absolute Gasteiger partial charge is 0.142 e. The second-order valence-corrected chi connectivity index (χ2v) is 5.66. The molecule has 1 rings (SSSR count). The molecule has 20 heavy (non-hydrogen) atoms. The van der Waals surface area contributed by atoms with Crippen LogP contribution < -0.4 is 10.5 Å². The minimum atomic E-state index is 0.466. The van der Waals surface area contributed by atoms with Crippen molar-refractivity contribution >= 4 is 11.6 Å². The molecule has 0 saturated carbocycles. The van der Waals surface area contributed by atoms with Crippen molar-refractivity contribution in [1.29, 1.82) is 0 Å². The van der Waals surface area contributed by atoms with Crippen molar-refractivity contribution in [2.24, 2.45) is 5.73 Å². The Kier molecular flexibility index (Phi) is 9.52. The quantitative estimate of drug-likeness (QED) is 0.561. The average Bonchev–Trinajstić information content (AvgIpc) is 2.46. The standard InChI is InChI=1S/C17H28ClNO/c1-2-3-4-5-6-7-8-9-13-20-17-15(14-19)11-10-12-16(17)18/h10-12H,2-9,13-14,19H2,1H3. The molecule has 0 radical (unpaired) electrons. The third-order valence-corrected chi connectivity index (χ3v) is 3.81. The fraction of sp³-hybridized carbons (Fsp3) is 0.647. The highest BCUT2D eigenvalue weighted by molar-refractivity contribution is 6.32. The van der Waals surface area contributed by atoms with Gasteiger partial charge >= 0.3 is 0 Å². The third-order valence-electron chi connectivity index (χ3n) is 3.51. The summed E-state index contributed by atoms with van der Waals surface area (Å²) in [6.07, 6.45) is 10.4. The van der Waals surface area contributed by atoms with E-state index in [1.165, 1.54) is 44.9 Å². The summed E-state index contributed by atoms with van der Waals surface area (Å²) in [7, 11) is 0. The fourth-order valence-corrected chi connectivity index (χ4v) is 2.53. The maximum absolute atomic E-state index is 6.14. The maximum atomic E-state index is 6.14. The molecule has 0 spiro atoms. The Hall–Kier alpha value is -0.730. The lowest BCUT2D eigenvalue weighted by Crippen LogP contribution is -2.04. The van der Waals surface area contributed by atoms with Crippen molar-refractivity contribution < 1.29 is 4.74 Å². The molecule has 0 atom stereocenters. The van der Waals surface area contributed by atoms with Gasteiger partial charge in [0, 0.05) is 12.1 Å². The van der Waals surface area contributed by atoms with Gasteiger partial charge in [-0.05, 0) is 12.5 Å². The highest BCUT2D eigenvalue weighted by Gasteiger charge is 2.06. The molecular weight excluding hydrogens is 270 g/mol. The van der Waals surface area contributed by atoms with E-state index in [0.29, 0.717) is 11.6 Å². The molecule has 0 aliphatic rings. The molecule has 1 aromatic carbocycles. The Labute approximate surface area is 128 Å². The number of benzene rings is 1. The minimum absolute atomic E-state index is 0.466. The highest BCUT2D eigenvalue weighted by atomic mass is 35.5. The van der Waals surface area contributed by atoms with Crippen molar-refractivity contribution in [3.05, 3.63) is 28.8 Å². The summed E-state index contributed by atoms with van der Waals surface area (Å²) >= 11 is 6.14. The number of hydrogen-bond donors (Lipinski definition) is 1. The zero-order valence-electron chi connectivity index (χ0n) is 12.7. The zero-order chi connectivity index (χ0) is 14.6. The largest absolute Gasteiger partial charge is 0.492 e. The monoisotopic (exact) mass is 297 g/mol. The fourth-order valence-electron chi connectivity index (χ4n) is 2.29. The Morgan fingerprint density at radius 2 is 1.65 bits per heavy atom. The van der Waals surface area contributed by atoms with E-state index in [9.17, 15) is 0 Å². The van der Waals surface area contributed by atoms with Gasteiger partial charge in [0.05, 0.1) is 11.6 Å². The number of rotatable bonds is 11. The molecule has 0 amide bonds. The van der Waals surface area contributed by atoms with E-state index in [1.54, 1.807) is 0 Å². The predicted octanol–water partition coefficient (Wildman–Crippen LogP) is 5.32. The van der Waals surface area contributed by atoms with E-state index in [1.807, 2.05) is 18.2 Å². The van der Waals surface area contributed by atoms with Gasteiger partial charge in [0.15, 0.2) is 0 Å². The first-order valence-electron chi connectivity index (χ1n) is 7.89. The van der Waals surface area contributed by atoms with Gasteiger partial charge in [0.25, 0.3) is 0 Å². The lowest BCUT2D eigenvalue weighted by atomic mass is 10.1. The molecule has 0 fully saturated rings. The number of halogens is 1. The summed E-state index contributed by atoms with van der Waals surface area (Å²) in [6, 6.07) is 5.73. The van der Waals surface area contributed by atoms with Crippen LogP contribution in [0.4, 0.5) is 0 Å². The van der Waals surface area contributed by atoms with Gasteiger partial charge in [-0.1, -0.05) is 75.6 Å². The van der Waals surface area contributed by atoms with Crippen LogP contribution in [-0.2, 0) is 6.54 Å². The summed E-state index contributed by atoms with van der Waals surface area (Å²) in [5, 5.41) is 0.660. The SMILES string of the molecule is CCCCCCCCCCOc1c(Cl)cccc1CN. The molecular formula is C17H28ClNO. The Bertz CT molecular complexity index is 368. The van der Waals surface area contributed by atoms with Gasteiger partial charge in [-0.2, -0.15) is 0 Å². The molecule has 0 aromatic heterocycles. The Morgan fingerprint density at radius 3 is 2.30 bits per heavy atom. The first-order valence-corrected chi connectivity index (χ1v) is 8.27. The van der Waals surface area contributed by atoms with Gasteiger partial charge in [0.2, 0.25) is 0 Å². The Balaban J connectivity index is 2.12. The van der Waals surface area contributed by atoms with Crippen molar-refractivity contribution in [3.8, 4) is 5.75 Å². The molecule has 0 bridgehead atoms. The average molecular weight is 298 g/mol. The van der Waals surface area contributed by atoms with Crippen molar-refractivity contribution in [2.75, 3.05) is 6.61 Å². The van der Waals surface area contributed by atoms with Crippen LogP contribution in [0.3, 0.4) is 0 Å².